The van der Waals surface area contributed by atoms with E-state index >= 15 is 0 Å². The van der Waals surface area contributed by atoms with Crippen LogP contribution in [0.15, 0.2) is 82.2 Å². The molecule has 0 fully saturated rings. The van der Waals surface area contributed by atoms with Crippen LogP contribution in [-0.4, -0.2) is 15.7 Å². The van der Waals surface area contributed by atoms with E-state index in [9.17, 15) is 9.59 Å². The van der Waals surface area contributed by atoms with Crippen LogP contribution in [0.2, 0.25) is 5.02 Å². The van der Waals surface area contributed by atoms with Crippen LogP contribution in [0.25, 0.3) is 16.8 Å². The predicted molar refractivity (Wildman–Crippen MR) is 112 cm³/mol. The molecule has 0 spiro atoms. The maximum Gasteiger partial charge on any atom is 0.292 e. The van der Waals surface area contributed by atoms with E-state index in [4.69, 9.17) is 16.0 Å². The van der Waals surface area contributed by atoms with Crippen molar-refractivity contribution in [3.8, 4) is 16.8 Å². The van der Waals surface area contributed by atoms with Crippen LogP contribution in [0, 0.1) is 6.92 Å². The van der Waals surface area contributed by atoms with Gasteiger partial charge in [-0.15, -0.1) is 0 Å². The molecule has 0 saturated carbocycles. The minimum absolute atomic E-state index is 0.120. The van der Waals surface area contributed by atoms with Crippen molar-refractivity contribution in [3.63, 3.8) is 0 Å². The van der Waals surface area contributed by atoms with Crippen LogP contribution in [0.1, 0.15) is 16.2 Å². The first kappa shape index (κ1) is 18.7. The number of rotatable bonds is 4. The highest BCUT2D eigenvalue weighted by atomic mass is 35.5. The van der Waals surface area contributed by atoms with Crippen LogP contribution in [0.4, 0.5) is 5.82 Å². The van der Waals surface area contributed by atoms with Gasteiger partial charge < -0.3 is 9.73 Å². The van der Waals surface area contributed by atoms with Crippen molar-refractivity contribution in [2.24, 2.45) is 0 Å². The molecule has 0 bridgehead atoms. The number of benzene rings is 2. The van der Waals surface area contributed by atoms with Crippen molar-refractivity contribution in [2.75, 3.05) is 5.32 Å². The van der Waals surface area contributed by atoms with E-state index < -0.39 is 5.91 Å². The fourth-order valence-corrected chi connectivity index (χ4v) is 3.18. The summed E-state index contributed by atoms with van der Waals surface area (Å²) in [5.41, 5.74) is 1.61. The summed E-state index contributed by atoms with van der Waals surface area (Å²) in [6.07, 6.45) is 1.41. The lowest BCUT2D eigenvalue weighted by molar-refractivity contribution is 0.0996. The van der Waals surface area contributed by atoms with Crippen LogP contribution in [-0.2, 0) is 0 Å². The Bertz CT molecular complexity index is 1230. The van der Waals surface area contributed by atoms with Gasteiger partial charge in [0.2, 0.25) is 5.43 Å². The minimum Gasteiger partial charge on any atom is -0.459 e. The van der Waals surface area contributed by atoms with Gasteiger partial charge in [-0.3, -0.25) is 9.59 Å². The Balaban J connectivity index is 1.99. The molecule has 4 rings (SSSR count). The van der Waals surface area contributed by atoms with Gasteiger partial charge in [-0.2, -0.15) is 5.10 Å². The predicted octanol–water partition coefficient (Wildman–Crippen LogP) is 4.71. The summed E-state index contributed by atoms with van der Waals surface area (Å²) in [6, 6.07) is 19.3. The van der Waals surface area contributed by atoms with Crippen molar-refractivity contribution >= 4 is 23.3 Å². The highest BCUT2D eigenvalue weighted by Gasteiger charge is 2.21. The Hall–Kier alpha value is -3.64. The highest BCUT2D eigenvalue weighted by Crippen LogP contribution is 2.28. The van der Waals surface area contributed by atoms with Crippen molar-refractivity contribution in [1.82, 2.24) is 9.78 Å². The van der Waals surface area contributed by atoms with E-state index in [1.165, 1.54) is 10.9 Å². The second-order valence-electron chi connectivity index (χ2n) is 6.33. The van der Waals surface area contributed by atoms with Gasteiger partial charge in [-0.1, -0.05) is 48.0 Å². The quantitative estimate of drug-likeness (QED) is 0.533. The van der Waals surface area contributed by atoms with Gasteiger partial charge in [0.05, 0.1) is 17.5 Å². The van der Waals surface area contributed by atoms with E-state index in [1.807, 2.05) is 18.2 Å². The molecule has 144 valence electrons. The number of hydrogen-bond acceptors (Lipinski definition) is 4. The van der Waals surface area contributed by atoms with Gasteiger partial charge >= 0.3 is 0 Å². The lowest BCUT2D eigenvalue weighted by Crippen LogP contribution is -2.24. The molecule has 29 heavy (non-hydrogen) atoms. The topological polar surface area (TPSA) is 77.1 Å². The van der Waals surface area contributed by atoms with Crippen molar-refractivity contribution in [3.05, 3.63) is 99.7 Å². The standard InChI is InChI=1S/C22H16ClN3O3/c1-14-20(27)19(15-7-3-2-4-8-15)21(24-22(28)18-11-6-12-29-18)26(25-14)17-10-5-9-16(23)13-17/h2-13H,1H3,(H,24,28). The van der Waals surface area contributed by atoms with Crippen LogP contribution in [0.5, 0.6) is 0 Å². The molecule has 6 nitrogen and oxygen atoms in total. The SMILES string of the molecule is Cc1nn(-c2cccc(Cl)c2)c(NC(=O)c2ccco2)c(-c2ccccc2)c1=O. The van der Waals surface area contributed by atoms with Gasteiger partial charge in [-0.05, 0) is 42.8 Å². The first-order chi connectivity index (χ1) is 14.0. The number of furan rings is 1. The number of hydrogen-bond donors (Lipinski definition) is 1. The molecule has 1 amide bonds. The molecule has 2 aromatic carbocycles. The minimum atomic E-state index is -0.493. The summed E-state index contributed by atoms with van der Waals surface area (Å²) in [7, 11) is 0. The number of aromatic nitrogens is 2. The molecule has 2 aromatic heterocycles. The lowest BCUT2D eigenvalue weighted by atomic mass is 10.1. The average molecular weight is 406 g/mol. The molecule has 0 radical (unpaired) electrons. The summed E-state index contributed by atoms with van der Waals surface area (Å²) >= 11 is 6.16. The zero-order valence-corrected chi connectivity index (χ0v) is 16.2. The first-order valence-electron chi connectivity index (χ1n) is 8.85. The number of halogens is 1. The largest absolute Gasteiger partial charge is 0.459 e. The summed E-state index contributed by atoms with van der Waals surface area (Å²) in [6.45, 7) is 1.63. The highest BCUT2D eigenvalue weighted by molar-refractivity contribution is 6.30. The third-order valence-electron chi connectivity index (χ3n) is 4.35. The van der Waals surface area contributed by atoms with Crippen molar-refractivity contribution < 1.29 is 9.21 Å². The fourth-order valence-electron chi connectivity index (χ4n) is 3.00. The summed E-state index contributed by atoms with van der Waals surface area (Å²) in [4.78, 5) is 25.8. The van der Waals surface area contributed by atoms with E-state index in [-0.39, 0.29) is 17.0 Å². The zero-order valence-electron chi connectivity index (χ0n) is 15.4. The average Bonchev–Trinajstić information content (AvgIpc) is 3.26. The monoisotopic (exact) mass is 405 g/mol. The summed E-state index contributed by atoms with van der Waals surface area (Å²) < 4.78 is 6.70. The molecule has 0 aliphatic rings. The second kappa shape index (κ2) is 7.77. The lowest BCUT2D eigenvalue weighted by Gasteiger charge is -2.18. The molecular weight excluding hydrogens is 390 g/mol. The van der Waals surface area contributed by atoms with Crippen LogP contribution in [0.3, 0.4) is 0 Å². The Morgan fingerprint density at radius 1 is 1.07 bits per heavy atom. The number of nitrogens with one attached hydrogen (secondary N) is 1. The molecule has 2 heterocycles. The number of nitrogens with zero attached hydrogens (tertiary/aromatic N) is 2. The van der Waals surface area contributed by atoms with Gasteiger partial charge in [0.1, 0.15) is 11.5 Å². The molecule has 7 heteroatoms. The van der Waals surface area contributed by atoms with E-state index in [2.05, 4.69) is 10.4 Å². The maximum atomic E-state index is 13.0. The number of carbonyl (C=O) groups is 1. The van der Waals surface area contributed by atoms with Gasteiger partial charge in [0, 0.05) is 5.02 Å². The number of amides is 1. The smallest absolute Gasteiger partial charge is 0.292 e. The second-order valence-corrected chi connectivity index (χ2v) is 6.76. The van der Waals surface area contributed by atoms with E-state index in [0.717, 1.165) is 0 Å². The molecule has 0 saturated heterocycles. The van der Waals surface area contributed by atoms with E-state index in [1.54, 1.807) is 55.5 Å². The van der Waals surface area contributed by atoms with Crippen molar-refractivity contribution in [1.29, 1.82) is 0 Å². The Morgan fingerprint density at radius 2 is 1.86 bits per heavy atom. The maximum absolute atomic E-state index is 13.0. The molecule has 0 atom stereocenters. The van der Waals surface area contributed by atoms with Crippen LogP contribution >= 0.6 is 11.6 Å². The van der Waals surface area contributed by atoms with Gasteiger partial charge in [0.25, 0.3) is 5.91 Å². The number of anilines is 1. The zero-order chi connectivity index (χ0) is 20.4. The summed E-state index contributed by atoms with van der Waals surface area (Å²) in [5.74, 6) is -0.141. The normalized spacial score (nSPS) is 10.7. The van der Waals surface area contributed by atoms with Crippen molar-refractivity contribution in [2.45, 2.75) is 6.92 Å². The van der Waals surface area contributed by atoms with Crippen LogP contribution < -0.4 is 10.7 Å². The molecule has 4 aromatic rings. The molecule has 0 unspecified atom stereocenters. The number of carbonyl (C=O) groups excluding carboxylic acids is 1. The third kappa shape index (κ3) is 3.70. The molecular formula is C22H16ClN3O3. The fraction of sp³-hybridized carbons (Fsp3) is 0.0455. The van der Waals surface area contributed by atoms with E-state index in [0.29, 0.717) is 27.5 Å². The Labute approximate surface area is 171 Å². The summed E-state index contributed by atoms with van der Waals surface area (Å²) in [5, 5.41) is 7.70. The first-order valence-corrected chi connectivity index (χ1v) is 9.22. The number of aryl methyl sites for hydroxylation is 1. The Morgan fingerprint density at radius 3 is 2.55 bits per heavy atom. The molecule has 0 aliphatic carbocycles. The van der Waals surface area contributed by atoms with Gasteiger partial charge in [0.15, 0.2) is 5.76 Å². The Kier molecular flexibility index (Phi) is 5.01. The molecule has 1 N–H and O–H groups in total. The van der Waals surface area contributed by atoms with Gasteiger partial charge in [-0.25, -0.2) is 4.68 Å². The molecule has 0 aliphatic heterocycles. The third-order valence-corrected chi connectivity index (χ3v) is 4.58.